The number of aryl methyl sites for hydroxylation is 1. The van der Waals surface area contributed by atoms with Crippen LogP contribution in [0.3, 0.4) is 0 Å². The van der Waals surface area contributed by atoms with E-state index in [1.807, 2.05) is 18.2 Å². The molecule has 1 aromatic carbocycles. The van der Waals surface area contributed by atoms with E-state index in [9.17, 15) is 14.7 Å². The van der Waals surface area contributed by atoms with Gasteiger partial charge in [-0.1, -0.05) is 56.9 Å². The summed E-state index contributed by atoms with van der Waals surface area (Å²) in [5, 5.41) is 11.2. The molecule has 5 aliphatic rings. The number of hydrogen-bond donors (Lipinski definition) is 1. The second-order valence-electron chi connectivity index (χ2n) is 14.9. The van der Waals surface area contributed by atoms with Crippen molar-refractivity contribution in [2.75, 3.05) is 13.3 Å². The molecular weight excluding hydrogens is 538 g/mol. The van der Waals surface area contributed by atoms with Gasteiger partial charge in [-0.05, 0) is 122 Å². The first-order chi connectivity index (χ1) is 20.8. The zero-order valence-electron chi connectivity index (χ0n) is 26.3. The predicted molar refractivity (Wildman–Crippen MR) is 166 cm³/mol. The fourth-order valence-corrected chi connectivity index (χ4v) is 11.0. The lowest BCUT2D eigenvalue weighted by atomic mass is 9.44. The average molecular weight is 590 g/mol. The summed E-state index contributed by atoms with van der Waals surface area (Å²) in [6.07, 6.45) is 19.9. The molecule has 6 nitrogen and oxygen atoms in total. The van der Waals surface area contributed by atoms with E-state index in [0.717, 1.165) is 43.6 Å². The van der Waals surface area contributed by atoms with E-state index in [0.29, 0.717) is 40.9 Å². The van der Waals surface area contributed by atoms with Crippen LogP contribution in [0.2, 0.25) is 0 Å². The van der Waals surface area contributed by atoms with E-state index in [-0.39, 0.29) is 31.5 Å². The number of nitrogens with zero attached hydrogens (tertiary/aromatic N) is 1. The van der Waals surface area contributed by atoms with Crippen LogP contribution in [-0.4, -0.2) is 41.5 Å². The molecule has 6 rings (SSSR count). The molecule has 4 fully saturated rings. The van der Waals surface area contributed by atoms with E-state index in [1.54, 1.807) is 4.90 Å². The third-order valence-electron chi connectivity index (χ3n) is 13.1. The highest BCUT2D eigenvalue weighted by atomic mass is 16.7. The van der Waals surface area contributed by atoms with E-state index >= 15 is 0 Å². The summed E-state index contributed by atoms with van der Waals surface area (Å²) in [5.74, 6) is 5.45. The summed E-state index contributed by atoms with van der Waals surface area (Å²) < 4.78 is 10.7. The summed E-state index contributed by atoms with van der Waals surface area (Å²) in [4.78, 5) is 27.0. The van der Waals surface area contributed by atoms with Gasteiger partial charge in [0, 0.05) is 6.42 Å². The van der Waals surface area contributed by atoms with Crippen LogP contribution in [0, 0.1) is 52.8 Å². The maximum absolute atomic E-state index is 12.9. The van der Waals surface area contributed by atoms with Gasteiger partial charge in [-0.15, -0.1) is 6.42 Å². The Labute approximate surface area is 258 Å². The number of amides is 1. The number of aliphatic hydroxyl groups is 1. The van der Waals surface area contributed by atoms with Crippen molar-refractivity contribution in [3.8, 4) is 12.3 Å². The zero-order valence-corrected chi connectivity index (χ0v) is 26.3. The minimum absolute atomic E-state index is 0.119. The smallest absolute Gasteiger partial charge is 0.413 e. The van der Waals surface area contributed by atoms with Crippen molar-refractivity contribution in [3.05, 3.63) is 35.4 Å². The second kappa shape index (κ2) is 12.5. The average Bonchev–Trinajstić information content (AvgIpc) is 3.57. The summed E-state index contributed by atoms with van der Waals surface area (Å²) in [7, 11) is 0. The summed E-state index contributed by atoms with van der Waals surface area (Å²) in [5.41, 5.74) is 2.95. The molecule has 1 amide bonds. The highest BCUT2D eigenvalue weighted by molar-refractivity contribution is 5.71. The molecule has 1 N–H and O–H groups in total. The second-order valence-corrected chi connectivity index (χ2v) is 14.9. The Bertz CT molecular complexity index is 1220. The van der Waals surface area contributed by atoms with Crippen molar-refractivity contribution < 1.29 is 24.2 Å². The van der Waals surface area contributed by atoms with E-state index in [1.165, 1.54) is 56.9 Å². The molecule has 6 heteroatoms. The molecule has 1 aromatic rings. The third kappa shape index (κ3) is 5.60. The van der Waals surface area contributed by atoms with Crippen LogP contribution >= 0.6 is 0 Å². The molecule has 5 aliphatic carbocycles. The zero-order chi connectivity index (χ0) is 30.2. The molecule has 0 radical (unpaired) electrons. The maximum Gasteiger partial charge on any atom is 0.413 e. The number of ether oxygens (including phenoxy) is 2. The predicted octanol–water partition coefficient (Wildman–Crippen LogP) is 7.44. The summed E-state index contributed by atoms with van der Waals surface area (Å²) in [6, 6.07) is 7.98. The Hall–Kier alpha value is -2.52. The van der Waals surface area contributed by atoms with Gasteiger partial charge in [-0.2, -0.15) is 0 Å². The standard InChI is InChI=1S/C37H51NO5/c1-4-22-38(32-18-15-25-10-5-6-12-27(25)32)35(41)43-24-42-34(40)14-9-11-26-16-17-29-28-23-33(39)31-13-7-8-20-37(31,3)30(28)19-21-36(26,29)2/h1,5-6,10,12,26,28-33,39H,7-9,11,13-24H2,2-3H3/t26-,28?,29?,30-,31-,32?,33-,36?,37+/m0/s1. The van der Waals surface area contributed by atoms with Gasteiger partial charge in [0.15, 0.2) is 0 Å². The SMILES string of the molecule is C#CCN(C(=O)OCOC(=O)CCC[C@H]1CCC2C3C[C@H](O)[C@@H]4CCCC[C@]4(C)[C@H]3CCC21C)C1CCc2ccccc21. The van der Waals surface area contributed by atoms with Crippen molar-refractivity contribution in [2.45, 2.75) is 116 Å². The molecule has 4 unspecified atom stereocenters. The molecule has 0 aromatic heterocycles. The molecule has 0 saturated heterocycles. The number of carbonyl (C=O) groups excluding carboxylic acids is 2. The van der Waals surface area contributed by atoms with Crippen molar-refractivity contribution in [1.82, 2.24) is 4.90 Å². The van der Waals surface area contributed by atoms with Crippen LogP contribution in [0.4, 0.5) is 4.79 Å². The van der Waals surface area contributed by atoms with Gasteiger partial charge in [-0.3, -0.25) is 9.69 Å². The molecular formula is C37H51NO5. The highest BCUT2D eigenvalue weighted by Crippen LogP contribution is 2.67. The normalized spacial score (nSPS) is 37.7. The molecule has 4 saturated carbocycles. The van der Waals surface area contributed by atoms with Gasteiger partial charge in [0.05, 0.1) is 18.7 Å². The quantitative estimate of drug-likeness (QED) is 0.194. The van der Waals surface area contributed by atoms with Crippen molar-refractivity contribution in [1.29, 1.82) is 0 Å². The van der Waals surface area contributed by atoms with Gasteiger partial charge in [-0.25, -0.2) is 4.79 Å². The van der Waals surface area contributed by atoms with E-state index < -0.39 is 6.09 Å². The summed E-state index contributed by atoms with van der Waals surface area (Å²) >= 11 is 0. The Morgan fingerprint density at radius 1 is 1.00 bits per heavy atom. The lowest BCUT2D eigenvalue weighted by molar-refractivity contribution is -0.158. The van der Waals surface area contributed by atoms with Gasteiger partial charge in [0.1, 0.15) is 0 Å². The fourth-order valence-electron chi connectivity index (χ4n) is 11.0. The molecule has 43 heavy (non-hydrogen) atoms. The van der Waals surface area contributed by atoms with E-state index in [2.05, 4.69) is 25.8 Å². The van der Waals surface area contributed by atoms with Crippen LogP contribution in [0.25, 0.3) is 0 Å². The number of aliphatic hydroxyl groups excluding tert-OH is 1. The van der Waals surface area contributed by atoms with Gasteiger partial charge in [0.2, 0.25) is 6.79 Å². The minimum atomic E-state index is -0.547. The summed E-state index contributed by atoms with van der Waals surface area (Å²) in [6.45, 7) is 4.78. The van der Waals surface area contributed by atoms with Gasteiger partial charge >= 0.3 is 12.1 Å². The van der Waals surface area contributed by atoms with Crippen LogP contribution in [0.1, 0.15) is 114 Å². The van der Waals surface area contributed by atoms with Crippen molar-refractivity contribution in [2.24, 2.45) is 40.4 Å². The third-order valence-corrected chi connectivity index (χ3v) is 13.1. The number of esters is 1. The number of fused-ring (bicyclic) bond motifs is 6. The van der Waals surface area contributed by atoms with Crippen molar-refractivity contribution in [3.63, 3.8) is 0 Å². The molecule has 9 atom stereocenters. The first kappa shape index (κ1) is 30.5. The molecule has 0 spiro atoms. The van der Waals surface area contributed by atoms with Gasteiger partial charge in [0.25, 0.3) is 0 Å². The molecule has 0 bridgehead atoms. The molecule has 234 valence electrons. The number of hydrogen-bond acceptors (Lipinski definition) is 5. The Morgan fingerprint density at radius 3 is 2.65 bits per heavy atom. The first-order valence-corrected chi connectivity index (χ1v) is 17.0. The lowest BCUT2D eigenvalue weighted by Gasteiger charge is -2.61. The maximum atomic E-state index is 12.9. The molecule has 0 aliphatic heterocycles. The number of rotatable bonds is 8. The van der Waals surface area contributed by atoms with Crippen LogP contribution in [0.5, 0.6) is 0 Å². The van der Waals surface area contributed by atoms with E-state index in [4.69, 9.17) is 15.9 Å². The Morgan fingerprint density at radius 2 is 1.81 bits per heavy atom. The number of carbonyl (C=O) groups is 2. The monoisotopic (exact) mass is 589 g/mol. The first-order valence-electron chi connectivity index (χ1n) is 17.0. The minimum Gasteiger partial charge on any atom is -0.428 e. The lowest BCUT2D eigenvalue weighted by Crippen LogP contribution is -2.56. The largest absolute Gasteiger partial charge is 0.428 e. The van der Waals surface area contributed by atoms with Crippen LogP contribution in [0.15, 0.2) is 24.3 Å². The topological polar surface area (TPSA) is 76.1 Å². The Kier molecular flexibility index (Phi) is 8.84. The molecule has 0 heterocycles. The Balaban J connectivity index is 0.963. The highest BCUT2D eigenvalue weighted by Gasteiger charge is 2.61. The van der Waals surface area contributed by atoms with Gasteiger partial charge < -0.3 is 14.6 Å². The number of benzene rings is 1. The van der Waals surface area contributed by atoms with Crippen LogP contribution < -0.4 is 0 Å². The fraction of sp³-hybridized carbons (Fsp3) is 0.730. The number of terminal acetylenes is 1. The van der Waals surface area contributed by atoms with Crippen LogP contribution in [-0.2, 0) is 20.7 Å². The van der Waals surface area contributed by atoms with Crippen molar-refractivity contribution >= 4 is 12.1 Å².